The van der Waals surface area contributed by atoms with Crippen LogP contribution in [0, 0.1) is 10.8 Å². The maximum atomic E-state index is 5.51. The summed E-state index contributed by atoms with van der Waals surface area (Å²) in [5.74, 6) is 0. The largest absolute Gasteiger partial charge is 0.388 e. The third-order valence-electron chi connectivity index (χ3n) is 4.35. The molecule has 0 unspecified atom stereocenters. The number of pyridine rings is 1. The summed E-state index contributed by atoms with van der Waals surface area (Å²) in [6.45, 7) is 9.12. The van der Waals surface area contributed by atoms with Gasteiger partial charge < -0.3 is 11.1 Å². The SMILES string of the molecule is CC1(C)C(Nc2ccc(C(N)=S)nc2)C1(C)C. The molecule has 1 aliphatic rings. The van der Waals surface area contributed by atoms with Crippen LogP contribution in [0.15, 0.2) is 18.3 Å². The molecule has 1 fully saturated rings. The van der Waals surface area contributed by atoms with Crippen LogP contribution in [-0.4, -0.2) is 16.0 Å². The van der Waals surface area contributed by atoms with Crippen molar-refractivity contribution < 1.29 is 0 Å². The Hall–Kier alpha value is -1.16. The van der Waals surface area contributed by atoms with Crippen LogP contribution >= 0.6 is 12.2 Å². The number of aromatic nitrogens is 1. The lowest BCUT2D eigenvalue weighted by Crippen LogP contribution is -2.13. The average molecular weight is 249 g/mol. The summed E-state index contributed by atoms with van der Waals surface area (Å²) >= 11 is 4.87. The lowest BCUT2D eigenvalue weighted by Gasteiger charge is -2.08. The van der Waals surface area contributed by atoms with Crippen LogP contribution in [0.2, 0.25) is 0 Å². The Balaban J connectivity index is 2.09. The highest BCUT2D eigenvalue weighted by Crippen LogP contribution is 2.63. The summed E-state index contributed by atoms with van der Waals surface area (Å²) in [4.78, 5) is 4.56. The quantitative estimate of drug-likeness (QED) is 0.808. The molecule has 0 aromatic carbocycles. The molecule has 3 nitrogen and oxygen atoms in total. The molecular formula is C13H19N3S. The predicted octanol–water partition coefficient (Wildman–Crippen LogP) is 2.56. The smallest absolute Gasteiger partial charge is 0.122 e. The second kappa shape index (κ2) is 3.67. The second-order valence-corrected chi connectivity index (χ2v) is 6.26. The van der Waals surface area contributed by atoms with E-state index in [2.05, 4.69) is 38.0 Å². The predicted molar refractivity (Wildman–Crippen MR) is 75.1 cm³/mol. The molecule has 1 saturated carbocycles. The zero-order chi connectivity index (χ0) is 12.8. The normalized spacial score (nSPS) is 20.9. The molecular weight excluding hydrogens is 230 g/mol. The van der Waals surface area contributed by atoms with Gasteiger partial charge in [0.15, 0.2) is 0 Å². The Morgan fingerprint density at radius 1 is 1.29 bits per heavy atom. The molecule has 92 valence electrons. The Bertz CT molecular complexity index is 434. The molecule has 1 aromatic rings. The number of nitrogens with two attached hydrogens (primary N) is 1. The van der Waals surface area contributed by atoms with Gasteiger partial charge >= 0.3 is 0 Å². The number of thiocarbonyl (C=S) groups is 1. The van der Waals surface area contributed by atoms with E-state index in [-0.39, 0.29) is 0 Å². The van der Waals surface area contributed by atoms with E-state index in [1.165, 1.54) is 0 Å². The van der Waals surface area contributed by atoms with Crippen LogP contribution in [0.1, 0.15) is 33.4 Å². The van der Waals surface area contributed by atoms with E-state index >= 15 is 0 Å². The zero-order valence-corrected chi connectivity index (χ0v) is 11.6. The molecule has 0 saturated heterocycles. The van der Waals surface area contributed by atoms with E-state index in [4.69, 9.17) is 18.0 Å². The van der Waals surface area contributed by atoms with Gasteiger partial charge in [-0.1, -0.05) is 39.9 Å². The van der Waals surface area contributed by atoms with Gasteiger partial charge in [-0.15, -0.1) is 0 Å². The first-order valence-corrected chi connectivity index (χ1v) is 6.20. The summed E-state index contributed by atoms with van der Waals surface area (Å²) in [7, 11) is 0. The molecule has 0 spiro atoms. The number of rotatable bonds is 3. The van der Waals surface area contributed by atoms with Crippen LogP contribution in [-0.2, 0) is 0 Å². The molecule has 1 aromatic heterocycles. The zero-order valence-electron chi connectivity index (χ0n) is 10.7. The Labute approximate surface area is 108 Å². The summed E-state index contributed by atoms with van der Waals surface area (Å²) in [6.07, 6.45) is 1.79. The molecule has 4 heteroatoms. The van der Waals surface area contributed by atoms with E-state index in [1.807, 2.05) is 12.1 Å². The fourth-order valence-corrected chi connectivity index (χ4v) is 2.47. The van der Waals surface area contributed by atoms with Crippen LogP contribution < -0.4 is 11.1 Å². The fourth-order valence-electron chi connectivity index (χ4n) is 2.35. The van der Waals surface area contributed by atoms with Gasteiger partial charge in [0, 0.05) is 6.04 Å². The van der Waals surface area contributed by atoms with Crippen LogP contribution in [0.4, 0.5) is 5.69 Å². The fraction of sp³-hybridized carbons (Fsp3) is 0.538. The highest BCUT2D eigenvalue weighted by Gasteiger charge is 2.64. The molecule has 1 aliphatic carbocycles. The Morgan fingerprint density at radius 3 is 2.24 bits per heavy atom. The van der Waals surface area contributed by atoms with Gasteiger partial charge in [-0.3, -0.25) is 4.98 Å². The minimum absolute atomic E-state index is 0.314. The van der Waals surface area contributed by atoms with E-state index in [0.717, 1.165) is 5.69 Å². The first-order valence-electron chi connectivity index (χ1n) is 5.79. The summed E-state index contributed by atoms with van der Waals surface area (Å²) in [5.41, 5.74) is 7.83. The number of nitrogens with one attached hydrogen (secondary N) is 1. The Kier molecular flexibility index (Phi) is 2.65. The van der Waals surface area contributed by atoms with Crippen molar-refractivity contribution in [3.05, 3.63) is 24.0 Å². The highest BCUT2D eigenvalue weighted by atomic mass is 32.1. The lowest BCUT2D eigenvalue weighted by molar-refractivity contribution is 0.457. The van der Waals surface area contributed by atoms with Gasteiger partial charge in [-0.05, 0) is 23.0 Å². The second-order valence-electron chi connectivity index (χ2n) is 5.82. The number of hydrogen-bond acceptors (Lipinski definition) is 3. The highest BCUT2D eigenvalue weighted by molar-refractivity contribution is 7.80. The first-order chi connectivity index (χ1) is 7.76. The summed E-state index contributed by atoms with van der Waals surface area (Å²) in [5, 5.41) is 3.52. The van der Waals surface area contributed by atoms with E-state index in [9.17, 15) is 0 Å². The topological polar surface area (TPSA) is 50.9 Å². The van der Waals surface area contributed by atoms with Crippen molar-refractivity contribution in [3.8, 4) is 0 Å². The minimum Gasteiger partial charge on any atom is -0.388 e. The number of anilines is 1. The van der Waals surface area contributed by atoms with Gasteiger partial charge in [-0.2, -0.15) is 0 Å². The molecule has 0 amide bonds. The maximum absolute atomic E-state index is 5.51. The van der Waals surface area contributed by atoms with Crippen molar-refractivity contribution in [1.82, 2.24) is 4.98 Å². The molecule has 0 atom stereocenters. The van der Waals surface area contributed by atoms with Crippen molar-refractivity contribution in [2.75, 3.05) is 5.32 Å². The third kappa shape index (κ3) is 1.90. The van der Waals surface area contributed by atoms with E-state index in [0.29, 0.717) is 27.6 Å². The molecule has 0 bridgehead atoms. The minimum atomic E-state index is 0.314. The van der Waals surface area contributed by atoms with Crippen molar-refractivity contribution in [1.29, 1.82) is 0 Å². The first kappa shape index (κ1) is 12.3. The molecule has 3 N–H and O–H groups in total. The summed E-state index contributed by atoms with van der Waals surface area (Å²) in [6, 6.07) is 4.31. The molecule has 0 aliphatic heterocycles. The van der Waals surface area contributed by atoms with Crippen LogP contribution in [0.3, 0.4) is 0 Å². The van der Waals surface area contributed by atoms with Crippen LogP contribution in [0.5, 0.6) is 0 Å². The third-order valence-corrected chi connectivity index (χ3v) is 4.56. The van der Waals surface area contributed by atoms with Crippen molar-refractivity contribution in [2.45, 2.75) is 33.7 Å². The van der Waals surface area contributed by atoms with E-state index in [1.54, 1.807) is 6.20 Å². The lowest BCUT2D eigenvalue weighted by atomic mass is 10.0. The number of hydrogen-bond donors (Lipinski definition) is 2. The number of nitrogens with zero attached hydrogens (tertiary/aromatic N) is 1. The molecule has 0 radical (unpaired) electrons. The van der Waals surface area contributed by atoms with Gasteiger partial charge in [-0.25, -0.2) is 0 Å². The van der Waals surface area contributed by atoms with Crippen molar-refractivity contribution in [3.63, 3.8) is 0 Å². The molecule has 1 heterocycles. The van der Waals surface area contributed by atoms with Crippen molar-refractivity contribution in [2.24, 2.45) is 16.6 Å². The molecule has 17 heavy (non-hydrogen) atoms. The van der Waals surface area contributed by atoms with Crippen molar-refractivity contribution >= 4 is 22.9 Å². The van der Waals surface area contributed by atoms with Gasteiger partial charge in [0.1, 0.15) is 4.99 Å². The van der Waals surface area contributed by atoms with Gasteiger partial charge in [0.2, 0.25) is 0 Å². The average Bonchev–Trinajstić information content (AvgIpc) is 2.62. The maximum Gasteiger partial charge on any atom is 0.122 e. The standard InChI is InChI=1S/C13H19N3S/c1-12(2)11(13(12,3)4)16-8-5-6-9(10(14)17)15-7-8/h5-7,11,16H,1-4H3,(H2,14,17). The van der Waals surface area contributed by atoms with Crippen LogP contribution in [0.25, 0.3) is 0 Å². The van der Waals surface area contributed by atoms with E-state index < -0.39 is 0 Å². The Morgan fingerprint density at radius 2 is 1.88 bits per heavy atom. The molecule has 2 rings (SSSR count). The van der Waals surface area contributed by atoms with Gasteiger partial charge in [0.25, 0.3) is 0 Å². The monoisotopic (exact) mass is 249 g/mol. The van der Waals surface area contributed by atoms with Gasteiger partial charge in [0.05, 0.1) is 17.6 Å². The summed E-state index contributed by atoms with van der Waals surface area (Å²) < 4.78 is 0.